The molecule has 0 atom stereocenters. The third-order valence-electron chi connectivity index (χ3n) is 13.0. The van der Waals surface area contributed by atoms with Crippen LogP contribution in [0.25, 0.3) is 10.8 Å². The number of nitrogens with zero attached hydrogens (tertiary/aromatic N) is 2. The van der Waals surface area contributed by atoms with Crippen molar-refractivity contribution in [1.82, 2.24) is 0 Å². The summed E-state index contributed by atoms with van der Waals surface area (Å²) in [7, 11) is 0. The van der Waals surface area contributed by atoms with Gasteiger partial charge in [0.25, 0.3) is 0 Å². The van der Waals surface area contributed by atoms with Gasteiger partial charge in [-0.2, -0.15) is 0 Å². The maximum Gasteiger partial charge on any atom is 0.338 e. The summed E-state index contributed by atoms with van der Waals surface area (Å²) >= 11 is 0. The van der Waals surface area contributed by atoms with E-state index in [1.807, 2.05) is 0 Å². The lowest BCUT2D eigenvalue weighted by molar-refractivity contribution is 0.255. The molecule has 5 heteroatoms. The first-order valence-electron chi connectivity index (χ1n) is 18.9. The molecule has 0 spiro atoms. The fourth-order valence-electron chi connectivity index (χ4n) is 10.9. The van der Waals surface area contributed by atoms with E-state index in [4.69, 9.17) is 0 Å². The number of rotatable bonds is 2. The molecule has 3 aliphatic carbocycles. The molecule has 3 aliphatic heterocycles. The predicted octanol–water partition coefficient (Wildman–Crippen LogP) is 5.77. The predicted molar refractivity (Wildman–Crippen MR) is 209 cm³/mol. The molecule has 6 aliphatic rings. The fraction of sp³-hybridized carbons (Fsp3) is 0.222. The lowest BCUT2D eigenvalue weighted by Crippen LogP contribution is -2.64. The molecule has 50 heavy (non-hydrogen) atoms. The Bertz CT molecular complexity index is 2320. The van der Waals surface area contributed by atoms with E-state index in [0.29, 0.717) is 0 Å². The van der Waals surface area contributed by atoms with Gasteiger partial charge >= 0.3 is 6.03 Å². The number of carbonyl (C=O) groups is 1. The highest BCUT2D eigenvalue weighted by atomic mass is 16.2. The molecule has 0 N–H and O–H groups in total. The van der Waals surface area contributed by atoms with Crippen molar-refractivity contribution in [1.29, 1.82) is 0 Å². The number of benzene rings is 6. The van der Waals surface area contributed by atoms with E-state index >= 15 is 4.79 Å². The minimum atomic E-state index is 0.0769. The molecule has 6 aromatic carbocycles. The maximum atomic E-state index is 15.7. The van der Waals surface area contributed by atoms with Crippen LogP contribution in [0.3, 0.4) is 0 Å². The first-order chi connectivity index (χ1) is 24.7. The summed E-state index contributed by atoms with van der Waals surface area (Å²) in [6.45, 7) is 0.162. The van der Waals surface area contributed by atoms with Crippen LogP contribution < -0.4 is 42.6 Å². The Labute approximate surface area is 294 Å². The summed E-state index contributed by atoms with van der Waals surface area (Å²) in [4.78, 5) is 20.1. The van der Waals surface area contributed by atoms with Gasteiger partial charge < -0.3 is 0 Å². The Kier molecular flexibility index (Phi) is 5.57. The minimum absolute atomic E-state index is 0.0769. The molecule has 6 aromatic rings. The fourth-order valence-corrected chi connectivity index (χ4v) is 10.9. The van der Waals surface area contributed by atoms with Crippen LogP contribution in [0.5, 0.6) is 0 Å². The van der Waals surface area contributed by atoms with E-state index in [2.05, 4.69) is 107 Å². The van der Waals surface area contributed by atoms with Gasteiger partial charge in [0.1, 0.15) is 0 Å². The van der Waals surface area contributed by atoms with E-state index < -0.39 is 0 Å². The molecule has 0 saturated heterocycles. The minimum Gasteiger partial charge on any atom is -0.263 e. The van der Waals surface area contributed by atoms with Crippen molar-refractivity contribution in [2.24, 2.45) is 0 Å². The van der Waals surface area contributed by atoms with Crippen LogP contribution in [0.1, 0.15) is 59.1 Å². The first kappa shape index (κ1) is 27.8. The van der Waals surface area contributed by atoms with Crippen LogP contribution in [0.4, 0.5) is 27.5 Å². The van der Waals surface area contributed by atoms with Gasteiger partial charge in [0.05, 0.1) is 11.4 Å². The van der Waals surface area contributed by atoms with Crippen LogP contribution in [-0.2, 0) is 38.5 Å². The number of aryl methyl sites for hydroxylation is 6. The number of anilines is 4. The summed E-state index contributed by atoms with van der Waals surface area (Å²) in [6.07, 6.45) is 11.4. The molecule has 2 amide bonds. The van der Waals surface area contributed by atoms with Crippen molar-refractivity contribution in [2.45, 2.75) is 64.2 Å². The summed E-state index contributed by atoms with van der Waals surface area (Å²) in [5.41, 5.74) is 20.9. The van der Waals surface area contributed by atoms with Crippen LogP contribution in [0.15, 0.2) is 97.1 Å². The van der Waals surface area contributed by atoms with Gasteiger partial charge in [0.15, 0.2) is 0 Å². The van der Waals surface area contributed by atoms with Crippen LogP contribution in [0.2, 0.25) is 0 Å². The number of hydrogen-bond acceptors (Lipinski definition) is 1. The Balaban J connectivity index is 1.24. The molecule has 0 fully saturated rings. The molecule has 3 heterocycles. The third kappa shape index (κ3) is 3.55. The van der Waals surface area contributed by atoms with E-state index in [-0.39, 0.29) is 19.5 Å². The molecule has 0 unspecified atom stereocenters. The molecular formula is C45H36B2N2O. The second kappa shape index (κ2) is 10.0. The quantitative estimate of drug-likeness (QED) is 0.221. The SMILES string of the molecule is O=C1N2c3cc4c(cc3B(c3ccccc3)c3cc5c6c(cc7c(c6c32)N1c1cc2c(cc1B7c1ccccc1)CCCC2)CC5)CCCC4. The summed E-state index contributed by atoms with van der Waals surface area (Å²) in [5, 5.41) is 2.70. The number of carbonyl (C=O) groups excluding carboxylic acids is 1. The zero-order valence-corrected chi connectivity index (χ0v) is 28.3. The smallest absolute Gasteiger partial charge is 0.263 e. The highest BCUT2D eigenvalue weighted by molar-refractivity contribution is 7.00. The number of urea groups is 1. The van der Waals surface area contributed by atoms with Crippen molar-refractivity contribution in [3.63, 3.8) is 0 Å². The number of amides is 2. The number of hydrogen-bond donors (Lipinski definition) is 0. The molecular weight excluding hydrogens is 606 g/mol. The molecule has 0 saturated carbocycles. The van der Waals surface area contributed by atoms with Crippen molar-refractivity contribution in [3.05, 3.63) is 130 Å². The van der Waals surface area contributed by atoms with E-state index in [1.54, 1.807) is 0 Å². The summed E-state index contributed by atoms with van der Waals surface area (Å²) in [5.74, 6) is 0. The highest BCUT2D eigenvalue weighted by Crippen LogP contribution is 2.51. The molecule has 3 nitrogen and oxygen atoms in total. The first-order valence-corrected chi connectivity index (χ1v) is 18.9. The van der Waals surface area contributed by atoms with Gasteiger partial charge in [-0.25, -0.2) is 4.79 Å². The zero-order valence-electron chi connectivity index (χ0n) is 28.3. The average Bonchev–Trinajstić information content (AvgIpc) is 3.58. The van der Waals surface area contributed by atoms with Crippen molar-refractivity contribution < 1.29 is 4.79 Å². The maximum absolute atomic E-state index is 15.7. The van der Waals surface area contributed by atoms with Crippen LogP contribution in [-0.4, -0.2) is 19.5 Å². The third-order valence-corrected chi connectivity index (χ3v) is 13.0. The second-order valence-electron chi connectivity index (χ2n) is 15.6. The molecule has 238 valence electrons. The monoisotopic (exact) mass is 642 g/mol. The van der Waals surface area contributed by atoms with Crippen LogP contribution >= 0.6 is 0 Å². The molecule has 0 bridgehead atoms. The summed E-state index contributed by atoms with van der Waals surface area (Å²) in [6, 6.07) is 37.1. The highest BCUT2D eigenvalue weighted by Gasteiger charge is 2.49. The van der Waals surface area contributed by atoms with E-state index in [9.17, 15) is 0 Å². The van der Waals surface area contributed by atoms with Gasteiger partial charge in [-0.15, -0.1) is 0 Å². The Morgan fingerprint density at radius 3 is 1.26 bits per heavy atom. The average molecular weight is 642 g/mol. The van der Waals surface area contributed by atoms with Gasteiger partial charge in [-0.1, -0.05) is 95.9 Å². The number of fused-ring (bicyclic) bond motifs is 6. The van der Waals surface area contributed by atoms with Gasteiger partial charge in [0.2, 0.25) is 13.4 Å². The zero-order chi connectivity index (χ0) is 32.7. The normalized spacial score (nSPS) is 17.5. The Morgan fingerprint density at radius 1 is 0.420 bits per heavy atom. The molecule has 0 aromatic heterocycles. The molecule has 12 rings (SSSR count). The Morgan fingerprint density at radius 2 is 0.820 bits per heavy atom. The van der Waals surface area contributed by atoms with Crippen molar-refractivity contribution in [2.75, 3.05) is 9.80 Å². The van der Waals surface area contributed by atoms with Gasteiger partial charge in [0, 0.05) is 16.8 Å². The standard InChI is InChI=1S/C45H36B2N2O/c50-45-48-39-25-29-13-9-7-11-27(29)21-35(39)46(33-15-3-1-4-16-33)37-23-31-19-20-32-24-38-44(42(41(31)32)43(37)48)49(45)40-26-30-14-10-8-12-28(30)22-36(40)47(38)34-17-5-2-6-18-34/h1-6,15-18,21-26H,7-14,19-20H2. The Hall–Kier alpha value is -5.02. The summed E-state index contributed by atoms with van der Waals surface area (Å²) < 4.78 is 0. The largest absolute Gasteiger partial charge is 0.338 e. The van der Waals surface area contributed by atoms with Gasteiger partial charge in [-0.3, -0.25) is 9.80 Å². The lowest BCUT2D eigenvalue weighted by atomic mass is 9.33. The van der Waals surface area contributed by atoms with Crippen molar-refractivity contribution >= 4 is 85.8 Å². The van der Waals surface area contributed by atoms with Gasteiger partial charge in [-0.05, 0) is 137 Å². The topological polar surface area (TPSA) is 23.6 Å². The van der Waals surface area contributed by atoms with E-state index in [1.165, 1.54) is 103 Å². The molecule has 0 radical (unpaired) electrons. The van der Waals surface area contributed by atoms with Crippen LogP contribution in [0, 0.1) is 0 Å². The second-order valence-corrected chi connectivity index (χ2v) is 15.6. The lowest BCUT2D eigenvalue weighted by Gasteiger charge is -2.47. The van der Waals surface area contributed by atoms with E-state index in [0.717, 1.165) is 61.3 Å². The van der Waals surface area contributed by atoms with Crippen molar-refractivity contribution in [3.8, 4) is 0 Å².